The van der Waals surface area contributed by atoms with Crippen molar-refractivity contribution in [2.24, 2.45) is 5.92 Å². The number of esters is 1. The van der Waals surface area contributed by atoms with Gasteiger partial charge in [-0.3, -0.25) is 9.69 Å². The molecule has 9 heteroatoms. The Morgan fingerprint density at radius 3 is 2.49 bits per heavy atom. The number of phenols is 1. The van der Waals surface area contributed by atoms with Crippen molar-refractivity contribution < 1.29 is 27.8 Å². The summed E-state index contributed by atoms with van der Waals surface area (Å²) in [5, 5.41) is 11.2. The van der Waals surface area contributed by atoms with Crippen LogP contribution >= 0.6 is 0 Å². The van der Waals surface area contributed by atoms with E-state index >= 15 is 0 Å². The van der Waals surface area contributed by atoms with Crippen molar-refractivity contribution in [2.45, 2.75) is 68.4 Å². The smallest absolute Gasteiger partial charge is 0.308 e. The third-order valence-electron chi connectivity index (χ3n) is 10.4. The molecule has 2 heterocycles. The van der Waals surface area contributed by atoms with Crippen LogP contribution in [0, 0.1) is 5.92 Å². The van der Waals surface area contributed by atoms with E-state index < -0.39 is 33.6 Å². The maximum Gasteiger partial charge on any atom is 0.308 e. The van der Waals surface area contributed by atoms with Gasteiger partial charge in [0.1, 0.15) is 11.9 Å². The van der Waals surface area contributed by atoms with Crippen LogP contribution in [0.1, 0.15) is 48.4 Å². The highest BCUT2D eigenvalue weighted by molar-refractivity contribution is 7.88. The van der Waals surface area contributed by atoms with Gasteiger partial charge in [-0.1, -0.05) is 60.7 Å². The molecule has 2 aliphatic carbocycles. The Hall–Kier alpha value is -3.40. The number of hydrogen-bond acceptors (Lipinski definition) is 7. The van der Waals surface area contributed by atoms with E-state index in [0.29, 0.717) is 24.3 Å². The SMILES string of the molecule is CC(=O)Oc1cc(O)c2c3c1C[C@@H]1[C@@H]4CC[C@@H](N(C)S(=O)(=O)Cc5ccccc5)[C@H](O2)[C@]34CCN1CCc1ccccc1. The van der Waals surface area contributed by atoms with Crippen molar-refractivity contribution in [1.82, 2.24) is 9.21 Å². The van der Waals surface area contributed by atoms with Crippen LogP contribution in [-0.2, 0) is 38.8 Å². The first-order chi connectivity index (χ1) is 20.7. The fourth-order valence-electron chi connectivity index (χ4n) is 8.56. The summed E-state index contributed by atoms with van der Waals surface area (Å²) in [6, 6.07) is 21.0. The maximum atomic E-state index is 13.8. The number of benzene rings is 3. The monoisotopic (exact) mass is 602 g/mol. The summed E-state index contributed by atoms with van der Waals surface area (Å²) in [5.41, 5.74) is 3.39. The number of sulfonamides is 1. The van der Waals surface area contributed by atoms with Crippen molar-refractivity contribution in [3.05, 3.63) is 89.0 Å². The van der Waals surface area contributed by atoms with Crippen LogP contribution in [0.25, 0.3) is 0 Å². The second kappa shape index (κ2) is 10.6. The number of nitrogens with zero attached hydrogens (tertiary/aromatic N) is 2. The maximum absolute atomic E-state index is 13.8. The number of rotatable bonds is 8. The minimum absolute atomic E-state index is 0.0592. The molecule has 5 atom stereocenters. The number of ether oxygens (including phenoxy) is 2. The Kier molecular flexibility index (Phi) is 7.02. The predicted octanol–water partition coefficient (Wildman–Crippen LogP) is 4.43. The zero-order valence-electron chi connectivity index (χ0n) is 24.6. The average Bonchev–Trinajstić information content (AvgIpc) is 3.33. The van der Waals surface area contributed by atoms with E-state index in [2.05, 4.69) is 29.2 Å². The van der Waals surface area contributed by atoms with Gasteiger partial charge in [-0.05, 0) is 55.7 Å². The number of piperidine rings is 1. The zero-order valence-corrected chi connectivity index (χ0v) is 25.4. The lowest BCUT2D eigenvalue weighted by atomic mass is 9.51. The van der Waals surface area contributed by atoms with Gasteiger partial charge in [0, 0.05) is 49.2 Å². The summed E-state index contributed by atoms with van der Waals surface area (Å²) in [6.07, 6.45) is 3.47. The number of hydrogen-bond donors (Lipinski definition) is 1. The molecule has 3 aromatic carbocycles. The average molecular weight is 603 g/mol. The minimum Gasteiger partial charge on any atom is -0.504 e. The van der Waals surface area contributed by atoms with E-state index in [1.807, 2.05) is 36.4 Å². The molecule has 1 N–H and O–H groups in total. The van der Waals surface area contributed by atoms with Gasteiger partial charge in [-0.2, -0.15) is 4.31 Å². The highest BCUT2D eigenvalue weighted by Crippen LogP contribution is 2.65. The molecule has 2 fully saturated rings. The lowest BCUT2D eigenvalue weighted by molar-refractivity contribution is -0.132. The lowest BCUT2D eigenvalue weighted by Crippen LogP contribution is -2.69. The van der Waals surface area contributed by atoms with Crippen molar-refractivity contribution in [2.75, 3.05) is 20.1 Å². The zero-order chi connectivity index (χ0) is 29.9. The molecule has 1 saturated heterocycles. The summed E-state index contributed by atoms with van der Waals surface area (Å²) < 4.78 is 41.4. The van der Waals surface area contributed by atoms with Crippen LogP contribution in [0.4, 0.5) is 0 Å². The number of likely N-dealkylation sites (tertiary alicyclic amines) is 1. The molecule has 0 unspecified atom stereocenters. The summed E-state index contributed by atoms with van der Waals surface area (Å²) in [7, 11) is -1.98. The summed E-state index contributed by atoms with van der Waals surface area (Å²) in [4.78, 5) is 14.7. The van der Waals surface area contributed by atoms with Crippen LogP contribution in [0.3, 0.4) is 0 Å². The van der Waals surface area contributed by atoms with Gasteiger partial charge in [0.15, 0.2) is 11.5 Å². The Morgan fingerprint density at radius 2 is 1.79 bits per heavy atom. The molecule has 2 aliphatic heterocycles. The van der Waals surface area contributed by atoms with E-state index in [4.69, 9.17) is 9.47 Å². The fraction of sp³-hybridized carbons (Fsp3) is 0.441. The lowest BCUT2D eigenvalue weighted by Gasteiger charge is -2.60. The Bertz CT molecular complexity index is 1650. The van der Waals surface area contributed by atoms with Gasteiger partial charge < -0.3 is 14.6 Å². The van der Waals surface area contributed by atoms with Gasteiger partial charge in [0.05, 0.1) is 11.8 Å². The molecule has 2 bridgehead atoms. The molecular formula is C34H38N2O6S. The molecule has 7 rings (SSSR count). The molecule has 1 spiro atoms. The van der Waals surface area contributed by atoms with E-state index in [1.54, 1.807) is 7.05 Å². The highest BCUT2D eigenvalue weighted by Gasteiger charge is 2.67. The highest BCUT2D eigenvalue weighted by atomic mass is 32.2. The first kappa shape index (κ1) is 28.4. The standard InChI is InChI=1S/C34H38N2O6S/c1-22(37)41-30-20-29(38)32-31-25(30)19-28-26-13-14-27(35(2)43(39,40)21-24-11-7-4-8-12-24)33(42-32)34(26,31)16-18-36(28)17-15-23-9-5-3-6-10-23/h3-12,20,26-28,33,38H,13-19,21H2,1-2H3/t26-,27+,28+,33-,34-/m0/s1. The first-order valence-corrected chi connectivity index (χ1v) is 16.8. The van der Waals surface area contributed by atoms with E-state index in [-0.39, 0.29) is 23.5 Å². The topological polar surface area (TPSA) is 96.4 Å². The summed E-state index contributed by atoms with van der Waals surface area (Å²) in [5.74, 6) is 0.455. The van der Waals surface area contributed by atoms with Gasteiger partial charge in [-0.15, -0.1) is 0 Å². The van der Waals surface area contributed by atoms with Gasteiger partial charge in [0.25, 0.3) is 0 Å². The van der Waals surface area contributed by atoms with E-state index in [9.17, 15) is 18.3 Å². The van der Waals surface area contributed by atoms with Crippen LogP contribution in [0.2, 0.25) is 0 Å². The summed E-state index contributed by atoms with van der Waals surface area (Å²) in [6.45, 7) is 3.12. The van der Waals surface area contributed by atoms with Crippen LogP contribution in [0.5, 0.6) is 17.2 Å². The predicted molar refractivity (Wildman–Crippen MR) is 163 cm³/mol. The molecule has 0 radical (unpaired) electrons. The molecule has 1 saturated carbocycles. The van der Waals surface area contributed by atoms with Gasteiger partial charge >= 0.3 is 5.97 Å². The van der Waals surface area contributed by atoms with E-state index in [0.717, 1.165) is 49.0 Å². The largest absolute Gasteiger partial charge is 0.504 e. The third-order valence-corrected chi connectivity index (χ3v) is 12.2. The van der Waals surface area contributed by atoms with Crippen LogP contribution < -0.4 is 9.47 Å². The molecule has 43 heavy (non-hydrogen) atoms. The van der Waals surface area contributed by atoms with Gasteiger partial charge in [-0.25, -0.2) is 8.42 Å². The molecule has 0 aromatic heterocycles. The number of aromatic hydroxyl groups is 1. The van der Waals surface area contributed by atoms with Crippen molar-refractivity contribution in [3.8, 4) is 17.2 Å². The Labute approximate surface area is 253 Å². The number of phenolic OH excluding ortho intramolecular Hbond substituents is 1. The molecule has 226 valence electrons. The van der Waals surface area contributed by atoms with Crippen molar-refractivity contribution >= 4 is 16.0 Å². The quantitative estimate of drug-likeness (QED) is 0.301. The second-order valence-electron chi connectivity index (χ2n) is 12.6. The molecular weight excluding hydrogens is 564 g/mol. The van der Waals surface area contributed by atoms with Crippen molar-refractivity contribution in [3.63, 3.8) is 0 Å². The third kappa shape index (κ3) is 4.64. The Balaban J connectivity index is 1.27. The van der Waals surface area contributed by atoms with Crippen LogP contribution in [-0.4, -0.2) is 67.0 Å². The number of carbonyl (C=O) groups is 1. The van der Waals surface area contributed by atoms with Gasteiger partial charge in [0.2, 0.25) is 10.0 Å². The van der Waals surface area contributed by atoms with Crippen molar-refractivity contribution in [1.29, 1.82) is 0 Å². The molecule has 3 aromatic rings. The second-order valence-corrected chi connectivity index (χ2v) is 14.6. The minimum atomic E-state index is -3.65. The molecule has 4 aliphatic rings. The van der Waals surface area contributed by atoms with E-state index in [1.165, 1.54) is 22.9 Å². The molecule has 8 nitrogen and oxygen atoms in total. The number of likely N-dealkylation sites (N-methyl/N-ethyl adjacent to an activating group) is 1. The number of carbonyl (C=O) groups excluding carboxylic acids is 1. The Morgan fingerprint density at radius 1 is 1.09 bits per heavy atom. The normalized spacial score (nSPS) is 27.4. The summed E-state index contributed by atoms with van der Waals surface area (Å²) >= 11 is 0. The van der Waals surface area contributed by atoms with Crippen LogP contribution in [0.15, 0.2) is 66.7 Å². The molecule has 0 amide bonds. The fourth-order valence-corrected chi connectivity index (χ4v) is 10.0. The first-order valence-electron chi connectivity index (χ1n) is 15.2.